The summed E-state index contributed by atoms with van der Waals surface area (Å²) in [5.74, 6) is -1.02. The first kappa shape index (κ1) is 15.3. The minimum atomic E-state index is -1.48. The third kappa shape index (κ3) is 3.96. The minimum absolute atomic E-state index is 0.0579. The average molecular weight is 312 g/mol. The van der Waals surface area contributed by atoms with Gasteiger partial charge in [0.1, 0.15) is 12.4 Å². The van der Waals surface area contributed by atoms with Crippen LogP contribution >= 0.6 is 11.6 Å². The molecule has 0 aliphatic carbocycles. The first-order chi connectivity index (χ1) is 9.97. The van der Waals surface area contributed by atoms with Crippen LogP contribution in [0.15, 0.2) is 23.8 Å². The van der Waals surface area contributed by atoms with Gasteiger partial charge in [0.2, 0.25) is 0 Å². The summed E-state index contributed by atoms with van der Waals surface area (Å²) in [7, 11) is 0. The van der Waals surface area contributed by atoms with E-state index in [0.29, 0.717) is 21.9 Å². The second kappa shape index (κ2) is 6.60. The Morgan fingerprint density at radius 1 is 1.43 bits per heavy atom. The van der Waals surface area contributed by atoms with E-state index in [4.69, 9.17) is 26.6 Å². The van der Waals surface area contributed by atoms with Crippen molar-refractivity contribution in [3.05, 3.63) is 34.4 Å². The van der Waals surface area contributed by atoms with Crippen LogP contribution < -0.4 is 10.1 Å². The Kier molecular flexibility index (Phi) is 4.82. The number of carbonyl (C=O) groups excluding carboxylic acids is 1. The van der Waals surface area contributed by atoms with Crippen LogP contribution in [0.5, 0.6) is 5.75 Å². The molecular weight excluding hydrogens is 298 g/mol. The molecule has 0 saturated heterocycles. The summed E-state index contributed by atoms with van der Waals surface area (Å²) in [4.78, 5) is 22.4. The van der Waals surface area contributed by atoms with Crippen LogP contribution in [-0.4, -0.2) is 41.3 Å². The summed E-state index contributed by atoms with van der Waals surface area (Å²) < 4.78 is 5.45. The minimum Gasteiger partial charge on any atom is -0.488 e. The van der Waals surface area contributed by atoms with E-state index in [1.807, 2.05) is 0 Å². The molecule has 0 fully saturated rings. The standard InChI is InChI=1S/C14H14ClNO5/c15-10-1-2-12-8(6-10)5-9(7-21-12)13(18)16-4-3-11(17)14(19)20/h1-2,5-6,11,17H,3-4,7H2,(H,16,18)(H,19,20)/t11-/m0/s1. The lowest BCUT2D eigenvalue weighted by molar-refractivity contribution is -0.147. The molecule has 0 radical (unpaired) electrons. The Morgan fingerprint density at radius 2 is 2.19 bits per heavy atom. The Balaban J connectivity index is 1.96. The SMILES string of the molecule is O=C(NCC[C@H](O)C(=O)O)C1=Cc2cc(Cl)ccc2OC1. The van der Waals surface area contributed by atoms with Crippen molar-refractivity contribution < 1.29 is 24.5 Å². The van der Waals surface area contributed by atoms with Crippen molar-refractivity contribution in [2.24, 2.45) is 0 Å². The van der Waals surface area contributed by atoms with Crippen molar-refractivity contribution in [3.63, 3.8) is 0 Å². The van der Waals surface area contributed by atoms with Crippen LogP contribution in [0.3, 0.4) is 0 Å². The topological polar surface area (TPSA) is 95.9 Å². The number of carbonyl (C=O) groups is 2. The molecule has 112 valence electrons. The molecule has 1 aromatic rings. The lowest BCUT2D eigenvalue weighted by Crippen LogP contribution is -2.32. The van der Waals surface area contributed by atoms with Crippen LogP contribution in [0.2, 0.25) is 5.02 Å². The average Bonchev–Trinajstić information content (AvgIpc) is 2.45. The molecule has 2 rings (SSSR count). The molecule has 0 spiro atoms. The van der Waals surface area contributed by atoms with Gasteiger partial charge >= 0.3 is 5.97 Å². The van der Waals surface area contributed by atoms with E-state index < -0.39 is 12.1 Å². The van der Waals surface area contributed by atoms with E-state index in [1.54, 1.807) is 24.3 Å². The van der Waals surface area contributed by atoms with Crippen molar-refractivity contribution in [1.29, 1.82) is 0 Å². The second-order valence-electron chi connectivity index (χ2n) is 4.54. The zero-order valence-electron chi connectivity index (χ0n) is 11.0. The van der Waals surface area contributed by atoms with Crippen molar-refractivity contribution in [3.8, 4) is 5.75 Å². The predicted octanol–water partition coefficient (Wildman–Crippen LogP) is 1.07. The van der Waals surface area contributed by atoms with Gasteiger partial charge in [0, 0.05) is 23.6 Å². The third-order valence-electron chi connectivity index (χ3n) is 2.96. The van der Waals surface area contributed by atoms with E-state index in [-0.39, 0.29) is 25.5 Å². The van der Waals surface area contributed by atoms with Gasteiger partial charge in [-0.05, 0) is 24.3 Å². The summed E-state index contributed by atoms with van der Waals surface area (Å²) in [5.41, 5.74) is 1.12. The van der Waals surface area contributed by atoms with Gasteiger partial charge in [0.15, 0.2) is 6.10 Å². The number of nitrogens with one attached hydrogen (secondary N) is 1. The normalized spacial score (nSPS) is 14.5. The lowest BCUT2D eigenvalue weighted by atomic mass is 10.1. The monoisotopic (exact) mass is 311 g/mol. The van der Waals surface area contributed by atoms with Crippen molar-refractivity contribution in [1.82, 2.24) is 5.32 Å². The summed E-state index contributed by atoms with van der Waals surface area (Å²) >= 11 is 5.88. The quantitative estimate of drug-likeness (QED) is 0.756. The fourth-order valence-electron chi connectivity index (χ4n) is 1.84. The van der Waals surface area contributed by atoms with Crippen molar-refractivity contribution in [2.45, 2.75) is 12.5 Å². The van der Waals surface area contributed by atoms with Crippen LogP contribution in [-0.2, 0) is 9.59 Å². The molecule has 1 amide bonds. The number of benzene rings is 1. The van der Waals surface area contributed by atoms with Gasteiger partial charge in [-0.2, -0.15) is 0 Å². The molecule has 6 nitrogen and oxygen atoms in total. The number of hydrogen-bond acceptors (Lipinski definition) is 4. The molecule has 0 aromatic heterocycles. The van der Waals surface area contributed by atoms with E-state index in [1.165, 1.54) is 0 Å². The highest BCUT2D eigenvalue weighted by Gasteiger charge is 2.18. The van der Waals surface area contributed by atoms with Gasteiger partial charge in [0.05, 0.1) is 5.57 Å². The number of carboxylic acid groups (broad SMARTS) is 1. The Morgan fingerprint density at radius 3 is 2.90 bits per heavy atom. The zero-order valence-corrected chi connectivity index (χ0v) is 11.8. The van der Waals surface area contributed by atoms with Crippen LogP contribution in [0, 0.1) is 0 Å². The number of carboxylic acids is 1. The molecule has 1 atom stereocenters. The maximum atomic E-state index is 11.9. The van der Waals surface area contributed by atoms with Gasteiger partial charge in [0.25, 0.3) is 5.91 Å². The predicted molar refractivity (Wildman–Crippen MR) is 76.2 cm³/mol. The Bertz CT molecular complexity index is 599. The molecule has 1 heterocycles. The van der Waals surface area contributed by atoms with Crippen molar-refractivity contribution in [2.75, 3.05) is 13.2 Å². The summed E-state index contributed by atoms with van der Waals surface area (Å²) in [6.45, 7) is 0.188. The fraction of sp³-hybridized carbons (Fsp3) is 0.286. The van der Waals surface area contributed by atoms with Crippen LogP contribution in [0.1, 0.15) is 12.0 Å². The first-order valence-electron chi connectivity index (χ1n) is 6.29. The summed E-state index contributed by atoms with van der Waals surface area (Å²) in [6.07, 6.45) is 0.132. The van der Waals surface area contributed by atoms with Gasteiger partial charge in [-0.25, -0.2) is 4.79 Å². The summed E-state index contributed by atoms with van der Waals surface area (Å²) in [5, 5.41) is 20.7. The molecule has 21 heavy (non-hydrogen) atoms. The maximum absolute atomic E-state index is 11.9. The number of aliphatic carboxylic acids is 1. The molecular formula is C14H14ClNO5. The molecule has 0 bridgehead atoms. The highest BCUT2D eigenvalue weighted by Crippen LogP contribution is 2.28. The van der Waals surface area contributed by atoms with Gasteiger partial charge in [-0.15, -0.1) is 0 Å². The highest BCUT2D eigenvalue weighted by atomic mass is 35.5. The number of ether oxygens (including phenoxy) is 1. The number of fused-ring (bicyclic) bond motifs is 1. The zero-order chi connectivity index (χ0) is 15.4. The molecule has 7 heteroatoms. The molecule has 1 aromatic carbocycles. The van der Waals surface area contributed by atoms with E-state index in [9.17, 15) is 9.59 Å². The van der Waals surface area contributed by atoms with Crippen molar-refractivity contribution >= 4 is 29.6 Å². The molecule has 1 aliphatic rings. The smallest absolute Gasteiger partial charge is 0.332 e. The number of halogens is 1. The largest absolute Gasteiger partial charge is 0.488 e. The number of aliphatic hydroxyl groups excluding tert-OH is 1. The first-order valence-corrected chi connectivity index (χ1v) is 6.67. The molecule has 3 N–H and O–H groups in total. The molecule has 1 aliphatic heterocycles. The van der Waals surface area contributed by atoms with E-state index >= 15 is 0 Å². The maximum Gasteiger partial charge on any atom is 0.332 e. The van der Waals surface area contributed by atoms with E-state index in [2.05, 4.69) is 5.32 Å². The molecule has 0 unspecified atom stereocenters. The summed E-state index contributed by atoms with van der Waals surface area (Å²) in [6, 6.07) is 5.12. The second-order valence-corrected chi connectivity index (χ2v) is 4.98. The van der Waals surface area contributed by atoms with Crippen LogP contribution in [0.4, 0.5) is 0 Å². The number of rotatable bonds is 5. The number of hydrogen-bond donors (Lipinski definition) is 3. The highest BCUT2D eigenvalue weighted by molar-refractivity contribution is 6.30. The Hall–Kier alpha value is -2.05. The third-order valence-corrected chi connectivity index (χ3v) is 3.20. The molecule has 0 saturated carbocycles. The fourth-order valence-corrected chi connectivity index (χ4v) is 2.02. The Labute approximate surface area is 126 Å². The lowest BCUT2D eigenvalue weighted by Gasteiger charge is -2.18. The van der Waals surface area contributed by atoms with E-state index in [0.717, 1.165) is 0 Å². The number of aliphatic hydroxyl groups is 1. The van der Waals surface area contributed by atoms with Crippen LogP contribution in [0.25, 0.3) is 6.08 Å². The van der Waals surface area contributed by atoms with Gasteiger partial charge in [-0.3, -0.25) is 4.79 Å². The van der Waals surface area contributed by atoms with Gasteiger partial charge < -0.3 is 20.3 Å². The van der Waals surface area contributed by atoms with Gasteiger partial charge in [-0.1, -0.05) is 11.6 Å². The number of amides is 1.